The van der Waals surface area contributed by atoms with Crippen LogP contribution in [0.4, 0.5) is 0 Å². The summed E-state index contributed by atoms with van der Waals surface area (Å²) in [5, 5.41) is 10.5. The number of ketones is 1. The fraction of sp³-hybridized carbons (Fsp3) is 0.944. The number of hydrogen-bond acceptors (Lipinski definition) is 3. The first-order valence-electron chi connectivity index (χ1n) is 9.06. The molecule has 0 amide bonds. The molecule has 3 aliphatic rings. The van der Waals surface area contributed by atoms with E-state index in [9.17, 15) is 9.90 Å². The summed E-state index contributed by atoms with van der Waals surface area (Å²) in [6, 6.07) is 0. The van der Waals surface area contributed by atoms with Crippen molar-refractivity contribution < 1.29 is 14.6 Å². The molecule has 2 aliphatic carbocycles. The van der Waals surface area contributed by atoms with Crippen molar-refractivity contribution in [2.24, 2.45) is 11.8 Å². The molecule has 0 radical (unpaired) electrons. The SMILES string of the molecule is O=C(C1CCOC2(CCCCC2)C1)C(O)C1CCCCC1. The summed E-state index contributed by atoms with van der Waals surface area (Å²) in [6.45, 7) is 0.702. The minimum absolute atomic E-state index is 0.0359. The van der Waals surface area contributed by atoms with Gasteiger partial charge in [0.05, 0.1) is 5.60 Å². The highest BCUT2D eigenvalue weighted by Gasteiger charge is 2.42. The lowest BCUT2D eigenvalue weighted by Crippen LogP contribution is -2.46. The molecule has 2 unspecified atom stereocenters. The molecule has 3 rings (SSSR count). The van der Waals surface area contributed by atoms with Gasteiger partial charge >= 0.3 is 0 Å². The molecule has 21 heavy (non-hydrogen) atoms. The Kier molecular flexibility index (Phi) is 5.00. The summed E-state index contributed by atoms with van der Waals surface area (Å²) in [6.07, 6.45) is 12.6. The molecule has 2 saturated carbocycles. The van der Waals surface area contributed by atoms with Crippen LogP contribution in [0.2, 0.25) is 0 Å². The van der Waals surface area contributed by atoms with Gasteiger partial charge in [0, 0.05) is 12.5 Å². The van der Waals surface area contributed by atoms with Crippen LogP contribution in [0.15, 0.2) is 0 Å². The molecule has 3 nitrogen and oxygen atoms in total. The standard InChI is InChI=1S/C18H30O3/c19-16(14-7-3-1-4-8-14)17(20)15-9-12-21-18(13-15)10-5-2-6-11-18/h14-16,19H,1-13H2. The maximum Gasteiger partial charge on any atom is 0.164 e. The van der Waals surface area contributed by atoms with Gasteiger partial charge in [-0.3, -0.25) is 4.79 Å². The molecule has 1 N–H and O–H groups in total. The second kappa shape index (κ2) is 6.78. The van der Waals surface area contributed by atoms with E-state index in [1.54, 1.807) is 0 Å². The number of carbonyl (C=O) groups is 1. The highest BCUT2D eigenvalue weighted by molar-refractivity contribution is 5.85. The third-order valence-corrected chi connectivity index (χ3v) is 6.05. The van der Waals surface area contributed by atoms with Crippen LogP contribution in [0, 0.1) is 11.8 Å². The molecule has 120 valence electrons. The fourth-order valence-corrected chi connectivity index (χ4v) is 4.74. The summed E-state index contributed by atoms with van der Waals surface area (Å²) >= 11 is 0. The molecule has 2 atom stereocenters. The zero-order valence-electron chi connectivity index (χ0n) is 13.2. The van der Waals surface area contributed by atoms with Gasteiger partial charge in [0.15, 0.2) is 5.78 Å². The Hall–Kier alpha value is -0.410. The summed E-state index contributed by atoms with van der Waals surface area (Å²) in [4.78, 5) is 12.7. The van der Waals surface area contributed by atoms with Gasteiger partial charge < -0.3 is 9.84 Å². The summed E-state index contributed by atoms with van der Waals surface area (Å²) < 4.78 is 6.08. The molecule has 1 heterocycles. The highest BCUT2D eigenvalue weighted by Crippen LogP contribution is 2.41. The van der Waals surface area contributed by atoms with Crippen molar-refractivity contribution in [1.29, 1.82) is 0 Å². The van der Waals surface area contributed by atoms with Crippen LogP contribution in [0.1, 0.15) is 77.0 Å². The molecular weight excluding hydrogens is 264 g/mol. The maximum absolute atomic E-state index is 12.7. The minimum atomic E-state index is -0.714. The first-order valence-corrected chi connectivity index (χ1v) is 9.06. The predicted octanol–water partition coefficient (Wildman–Crippen LogP) is 3.63. The van der Waals surface area contributed by atoms with Gasteiger partial charge in [0.2, 0.25) is 0 Å². The average Bonchev–Trinajstić information content (AvgIpc) is 2.55. The number of rotatable bonds is 3. The molecular formula is C18H30O3. The normalized spacial score (nSPS) is 32.0. The minimum Gasteiger partial charge on any atom is -0.385 e. The number of carbonyl (C=O) groups excluding carboxylic acids is 1. The fourth-order valence-electron chi connectivity index (χ4n) is 4.74. The molecule has 0 aromatic rings. The van der Waals surface area contributed by atoms with Crippen LogP contribution in [-0.4, -0.2) is 29.2 Å². The van der Waals surface area contributed by atoms with Crippen molar-refractivity contribution in [3.63, 3.8) is 0 Å². The third-order valence-electron chi connectivity index (χ3n) is 6.05. The monoisotopic (exact) mass is 294 g/mol. The van der Waals surface area contributed by atoms with Gasteiger partial charge in [-0.2, -0.15) is 0 Å². The molecule has 1 saturated heterocycles. The van der Waals surface area contributed by atoms with Crippen LogP contribution in [-0.2, 0) is 9.53 Å². The van der Waals surface area contributed by atoms with Crippen molar-refractivity contribution in [3.8, 4) is 0 Å². The number of ether oxygens (including phenoxy) is 1. The summed E-state index contributed by atoms with van der Waals surface area (Å²) in [5.74, 6) is 0.375. The van der Waals surface area contributed by atoms with Gasteiger partial charge in [-0.1, -0.05) is 38.5 Å². The van der Waals surface area contributed by atoms with E-state index in [4.69, 9.17) is 4.74 Å². The zero-order valence-corrected chi connectivity index (χ0v) is 13.2. The van der Waals surface area contributed by atoms with Crippen LogP contribution in [0.3, 0.4) is 0 Å². The Morgan fingerprint density at radius 1 is 1.00 bits per heavy atom. The lowest BCUT2D eigenvalue weighted by atomic mass is 9.72. The van der Waals surface area contributed by atoms with E-state index < -0.39 is 6.10 Å². The van der Waals surface area contributed by atoms with E-state index >= 15 is 0 Å². The van der Waals surface area contributed by atoms with Crippen molar-refractivity contribution in [2.45, 2.75) is 88.8 Å². The zero-order chi connectivity index (χ0) is 14.7. The molecule has 0 aromatic heterocycles. The van der Waals surface area contributed by atoms with Crippen LogP contribution in [0.5, 0.6) is 0 Å². The molecule has 3 fully saturated rings. The van der Waals surface area contributed by atoms with E-state index in [1.165, 1.54) is 38.5 Å². The van der Waals surface area contributed by atoms with E-state index in [-0.39, 0.29) is 23.2 Å². The lowest BCUT2D eigenvalue weighted by Gasteiger charge is -2.43. The number of aliphatic hydroxyl groups is 1. The molecule has 0 bridgehead atoms. The van der Waals surface area contributed by atoms with E-state index in [1.807, 2.05) is 0 Å². The van der Waals surface area contributed by atoms with Crippen molar-refractivity contribution in [1.82, 2.24) is 0 Å². The molecule has 1 aliphatic heterocycles. The van der Waals surface area contributed by atoms with Gasteiger partial charge in [-0.05, 0) is 44.4 Å². The Labute approximate surface area is 128 Å². The predicted molar refractivity (Wildman–Crippen MR) is 82.1 cm³/mol. The van der Waals surface area contributed by atoms with Crippen molar-refractivity contribution in [2.75, 3.05) is 6.61 Å². The first-order chi connectivity index (χ1) is 10.2. The summed E-state index contributed by atoms with van der Waals surface area (Å²) in [7, 11) is 0. The third kappa shape index (κ3) is 3.50. The summed E-state index contributed by atoms with van der Waals surface area (Å²) in [5.41, 5.74) is -0.0386. The first kappa shape index (κ1) is 15.5. The molecule has 0 aromatic carbocycles. The second-order valence-electron chi connectivity index (χ2n) is 7.53. The number of Topliss-reactive ketones (excluding diaryl/α,β-unsaturated/α-hetero) is 1. The Morgan fingerprint density at radius 3 is 2.38 bits per heavy atom. The largest absolute Gasteiger partial charge is 0.385 e. The average molecular weight is 294 g/mol. The smallest absolute Gasteiger partial charge is 0.164 e. The number of hydrogen-bond donors (Lipinski definition) is 1. The van der Waals surface area contributed by atoms with E-state index in [0.717, 1.165) is 38.5 Å². The Morgan fingerprint density at radius 2 is 1.67 bits per heavy atom. The van der Waals surface area contributed by atoms with E-state index in [0.29, 0.717) is 6.61 Å². The Balaban J connectivity index is 1.60. The van der Waals surface area contributed by atoms with Crippen LogP contribution >= 0.6 is 0 Å². The van der Waals surface area contributed by atoms with Crippen LogP contribution < -0.4 is 0 Å². The van der Waals surface area contributed by atoms with Gasteiger partial charge in [-0.25, -0.2) is 0 Å². The molecule has 3 heteroatoms. The Bertz CT molecular complexity index is 348. The topological polar surface area (TPSA) is 46.5 Å². The van der Waals surface area contributed by atoms with Crippen LogP contribution in [0.25, 0.3) is 0 Å². The van der Waals surface area contributed by atoms with Crippen molar-refractivity contribution >= 4 is 5.78 Å². The van der Waals surface area contributed by atoms with E-state index in [2.05, 4.69) is 0 Å². The quantitative estimate of drug-likeness (QED) is 0.864. The second-order valence-corrected chi connectivity index (χ2v) is 7.53. The lowest BCUT2D eigenvalue weighted by molar-refractivity contribution is -0.152. The maximum atomic E-state index is 12.7. The van der Waals surface area contributed by atoms with Gasteiger partial charge in [0.1, 0.15) is 6.10 Å². The van der Waals surface area contributed by atoms with Crippen molar-refractivity contribution in [3.05, 3.63) is 0 Å². The molecule has 1 spiro atoms. The van der Waals surface area contributed by atoms with Gasteiger partial charge in [0.25, 0.3) is 0 Å². The van der Waals surface area contributed by atoms with Gasteiger partial charge in [-0.15, -0.1) is 0 Å². The highest BCUT2D eigenvalue weighted by atomic mass is 16.5. The number of aliphatic hydroxyl groups excluding tert-OH is 1.